The number of halogens is 1. The second kappa shape index (κ2) is 5.91. The maximum Gasteiger partial charge on any atom is 0.340 e. The van der Waals surface area contributed by atoms with Gasteiger partial charge in [-0.05, 0) is 35.2 Å². The van der Waals surface area contributed by atoms with E-state index in [0.29, 0.717) is 17.8 Å². The predicted molar refractivity (Wildman–Crippen MR) is 80.1 cm³/mol. The molecule has 0 radical (unpaired) electrons. The predicted octanol–water partition coefficient (Wildman–Crippen LogP) is 3.35. The van der Waals surface area contributed by atoms with E-state index in [0.717, 1.165) is 22.3 Å². The van der Waals surface area contributed by atoms with Crippen molar-refractivity contribution in [2.45, 2.75) is 40.0 Å². The summed E-state index contributed by atoms with van der Waals surface area (Å²) in [7, 11) is 0. The van der Waals surface area contributed by atoms with Crippen LogP contribution in [0, 0.1) is 0 Å². The number of hydrogen-bond donors (Lipinski definition) is 0. The van der Waals surface area contributed by atoms with E-state index in [2.05, 4.69) is 26.0 Å². The van der Waals surface area contributed by atoms with Gasteiger partial charge in [-0.1, -0.05) is 20.8 Å². The number of imidazole rings is 1. The molecule has 5 nitrogen and oxygen atoms in total. The largest absolute Gasteiger partial charge is 0.462 e. The van der Waals surface area contributed by atoms with Gasteiger partial charge in [0.05, 0.1) is 24.1 Å². The molecule has 2 rings (SSSR count). The zero-order valence-electron chi connectivity index (χ0n) is 12.1. The third-order valence-corrected chi connectivity index (χ3v) is 3.90. The first-order chi connectivity index (χ1) is 9.51. The smallest absolute Gasteiger partial charge is 0.340 e. The van der Waals surface area contributed by atoms with Gasteiger partial charge in [0.2, 0.25) is 0 Å². The van der Waals surface area contributed by atoms with E-state index in [9.17, 15) is 4.79 Å². The number of carbonyl (C=O) groups excluding carboxylic acids is 1. The van der Waals surface area contributed by atoms with E-state index >= 15 is 0 Å². The molecule has 0 spiro atoms. The summed E-state index contributed by atoms with van der Waals surface area (Å²) in [5.74, 6) is -0.192. The first-order valence-electron chi connectivity index (χ1n) is 6.74. The average Bonchev–Trinajstić information content (AvgIpc) is 2.74. The lowest BCUT2D eigenvalue weighted by Gasteiger charge is -2.12. The topological polar surface area (TPSA) is 56.5 Å². The van der Waals surface area contributed by atoms with Crippen LogP contribution in [0.3, 0.4) is 0 Å². The molecular weight excluding hydrogens is 322 g/mol. The van der Waals surface area contributed by atoms with Crippen LogP contribution in [-0.2, 0) is 11.2 Å². The molecule has 0 saturated heterocycles. The third-order valence-electron chi connectivity index (χ3n) is 3.11. The van der Waals surface area contributed by atoms with Crippen molar-refractivity contribution >= 4 is 27.5 Å². The number of aryl methyl sites for hydroxylation is 1. The lowest BCUT2D eigenvalue weighted by atomic mass is 10.00. The fourth-order valence-electron chi connectivity index (χ4n) is 2.19. The molecule has 0 aromatic carbocycles. The van der Waals surface area contributed by atoms with Gasteiger partial charge in [-0.15, -0.1) is 0 Å². The number of nitrogens with zero attached hydrogens (tertiary/aromatic N) is 3. The van der Waals surface area contributed by atoms with E-state index < -0.39 is 0 Å². The van der Waals surface area contributed by atoms with Gasteiger partial charge in [-0.2, -0.15) is 5.10 Å². The van der Waals surface area contributed by atoms with Gasteiger partial charge in [-0.3, -0.25) is 0 Å². The highest BCUT2D eigenvalue weighted by atomic mass is 79.9. The van der Waals surface area contributed by atoms with Crippen LogP contribution >= 0.6 is 15.9 Å². The molecule has 0 unspecified atom stereocenters. The SMILES string of the molecule is CCOC(=O)c1cnn2c(Br)c(CC)nc2c1C(C)C. The van der Waals surface area contributed by atoms with Gasteiger partial charge in [0.1, 0.15) is 4.60 Å². The van der Waals surface area contributed by atoms with E-state index in [-0.39, 0.29) is 11.9 Å². The standard InChI is InChI=1S/C14H18BrN3O2/c1-5-10-12(15)18-13(17-10)11(8(3)4)9(7-16-18)14(19)20-6-2/h7-8H,5-6H2,1-4H3. The molecule has 2 heterocycles. The van der Waals surface area contributed by atoms with Crippen molar-refractivity contribution in [2.75, 3.05) is 6.61 Å². The van der Waals surface area contributed by atoms with Gasteiger partial charge in [0, 0.05) is 5.56 Å². The molecular formula is C14H18BrN3O2. The molecule has 2 aromatic heterocycles. The Bertz CT molecular complexity index is 649. The lowest BCUT2D eigenvalue weighted by molar-refractivity contribution is 0.0524. The van der Waals surface area contributed by atoms with Crippen LogP contribution in [0.15, 0.2) is 10.8 Å². The van der Waals surface area contributed by atoms with Crippen LogP contribution in [0.2, 0.25) is 0 Å². The highest BCUT2D eigenvalue weighted by Gasteiger charge is 2.22. The molecule has 0 bridgehead atoms. The number of aromatic nitrogens is 3. The molecule has 0 atom stereocenters. The first kappa shape index (κ1) is 15.0. The summed E-state index contributed by atoms with van der Waals surface area (Å²) in [5.41, 5.74) is 3.02. The minimum Gasteiger partial charge on any atom is -0.462 e. The van der Waals surface area contributed by atoms with Crippen molar-refractivity contribution in [3.63, 3.8) is 0 Å². The van der Waals surface area contributed by atoms with Crippen molar-refractivity contribution in [2.24, 2.45) is 0 Å². The van der Waals surface area contributed by atoms with Crippen LogP contribution in [-0.4, -0.2) is 27.2 Å². The Kier molecular flexibility index (Phi) is 4.42. The fourth-order valence-corrected chi connectivity index (χ4v) is 2.82. The summed E-state index contributed by atoms with van der Waals surface area (Å²) in [6.45, 7) is 8.24. The second-order valence-corrected chi connectivity index (χ2v) is 5.54. The van der Waals surface area contributed by atoms with Crippen LogP contribution in [0.1, 0.15) is 55.2 Å². The van der Waals surface area contributed by atoms with E-state index in [4.69, 9.17) is 4.74 Å². The highest BCUT2D eigenvalue weighted by Crippen LogP contribution is 2.28. The Morgan fingerprint density at radius 1 is 1.45 bits per heavy atom. The van der Waals surface area contributed by atoms with Gasteiger partial charge < -0.3 is 4.74 Å². The Labute approximate surface area is 126 Å². The average molecular weight is 340 g/mol. The Hall–Kier alpha value is -1.43. The van der Waals surface area contributed by atoms with Crippen molar-refractivity contribution in [3.05, 3.63) is 27.6 Å². The van der Waals surface area contributed by atoms with E-state index in [1.54, 1.807) is 17.6 Å². The fraction of sp³-hybridized carbons (Fsp3) is 0.500. The summed E-state index contributed by atoms with van der Waals surface area (Å²) in [6, 6.07) is 0. The maximum atomic E-state index is 12.1. The molecule has 108 valence electrons. The van der Waals surface area contributed by atoms with Gasteiger partial charge in [-0.25, -0.2) is 14.3 Å². The number of carbonyl (C=O) groups is 1. The zero-order valence-corrected chi connectivity index (χ0v) is 13.7. The lowest BCUT2D eigenvalue weighted by Crippen LogP contribution is -2.12. The number of ether oxygens (including phenoxy) is 1. The monoisotopic (exact) mass is 339 g/mol. The quantitative estimate of drug-likeness (QED) is 0.801. The zero-order chi connectivity index (χ0) is 14.9. The van der Waals surface area contributed by atoms with Gasteiger partial charge in [0.15, 0.2) is 5.65 Å². The molecule has 20 heavy (non-hydrogen) atoms. The molecule has 0 amide bonds. The number of rotatable bonds is 4. The Morgan fingerprint density at radius 3 is 2.70 bits per heavy atom. The normalized spacial score (nSPS) is 11.3. The molecule has 0 aliphatic carbocycles. The molecule has 6 heteroatoms. The van der Waals surface area contributed by atoms with Gasteiger partial charge >= 0.3 is 5.97 Å². The molecule has 0 N–H and O–H groups in total. The molecule has 0 saturated carbocycles. The first-order valence-corrected chi connectivity index (χ1v) is 7.53. The minimum absolute atomic E-state index is 0.152. The summed E-state index contributed by atoms with van der Waals surface area (Å²) in [4.78, 5) is 16.7. The van der Waals surface area contributed by atoms with Crippen molar-refractivity contribution in [1.82, 2.24) is 14.6 Å². The second-order valence-electron chi connectivity index (χ2n) is 4.79. The summed E-state index contributed by atoms with van der Waals surface area (Å²) in [5, 5.41) is 4.30. The molecule has 0 aliphatic heterocycles. The molecule has 0 aliphatic rings. The van der Waals surface area contributed by atoms with Crippen LogP contribution < -0.4 is 0 Å². The third kappa shape index (κ3) is 2.44. The minimum atomic E-state index is -0.344. The van der Waals surface area contributed by atoms with Crippen molar-refractivity contribution in [3.8, 4) is 0 Å². The maximum absolute atomic E-state index is 12.1. The summed E-state index contributed by atoms with van der Waals surface area (Å²) < 4.78 is 7.68. The summed E-state index contributed by atoms with van der Waals surface area (Å²) >= 11 is 3.51. The van der Waals surface area contributed by atoms with Crippen LogP contribution in [0.5, 0.6) is 0 Å². The number of hydrogen-bond acceptors (Lipinski definition) is 4. The molecule has 2 aromatic rings. The van der Waals surface area contributed by atoms with E-state index in [1.165, 1.54) is 0 Å². The number of esters is 1. The number of fused-ring (bicyclic) bond motifs is 1. The van der Waals surface area contributed by atoms with Crippen molar-refractivity contribution < 1.29 is 9.53 Å². The van der Waals surface area contributed by atoms with Crippen LogP contribution in [0.25, 0.3) is 5.65 Å². The Morgan fingerprint density at radius 2 is 2.15 bits per heavy atom. The summed E-state index contributed by atoms with van der Waals surface area (Å²) in [6.07, 6.45) is 2.36. The highest BCUT2D eigenvalue weighted by molar-refractivity contribution is 9.10. The van der Waals surface area contributed by atoms with Crippen LogP contribution in [0.4, 0.5) is 0 Å². The van der Waals surface area contributed by atoms with E-state index in [1.807, 2.05) is 20.8 Å². The molecule has 0 fully saturated rings. The van der Waals surface area contributed by atoms with Crippen molar-refractivity contribution in [1.29, 1.82) is 0 Å². The Balaban J connectivity index is 2.72. The van der Waals surface area contributed by atoms with Gasteiger partial charge in [0.25, 0.3) is 0 Å².